The fourth-order valence-corrected chi connectivity index (χ4v) is 2.55. The van der Waals surface area contributed by atoms with E-state index in [2.05, 4.69) is 4.90 Å². The van der Waals surface area contributed by atoms with E-state index >= 15 is 0 Å². The van der Waals surface area contributed by atoms with Crippen molar-refractivity contribution in [3.8, 4) is 0 Å². The second-order valence-corrected chi connectivity index (χ2v) is 5.70. The summed E-state index contributed by atoms with van der Waals surface area (Å²) in [6, 6.07) is 0. The van der Waals surface area contributed by atoms with E-state index in [4.69, 9.17) is 9.47 Å². The van der Waals surface area contributed by atoms with Gasteiger partial charge < -0.3 is 14.4 Å². The molecule has 1 fully saturated rings. The van der Waals surface area contributed by atoms with Gasteiger partial charge in [0.2, 0.25) is 0 Å². The number of ether oxygens (including phenoxy) is 2. The van der Waals surface area contributed by atoms with Gasteiger partial charge in [0.25, 0.3) is 0 Å². The van der Waals surface area contributed by atoms with Crippen molar-refractivity contribution in [2.75, 3.05) is 33.4 Å². The van der Waals surface area contributed by atoms with Gasteiger partial charge in [-0.2, -0.15) is 0 Å². The molecule has 1 aliphatic rings. The number of esters is 2. The second kappa shape index (κ2) is 6.89. The summed E-state index contributed by atoms with van der Waals surface area (Å²) in [7, 11) is 1.40. The van der Waals surface area contributed by atoms with Crippen LogP contribution in [0.2, 0.25) is 0 Å². The third-order valence-corrected chi connectivity index (χ3v) is 3.48. The van der Waals surface area contributed by atoms with Crippen molar-refractivity contribution in [1.82, 2.24) is 4.90 Å². The first-order valence-electron chi connectivity index (χ1n) is 6.88. The molecule has 5 heteroatoms. The molecule has 0 spiro atoms. The molecule has 0 N–H and O–H groups in total. The molecule has 0 aromatic carbocycles. The minimum Gasteiger partial charge on any atom is -0.469 e. The van der Waals surface area contributed by atoms with Crippen LogP contribution >= 0.6 is 0 Å². The Morgan fingerprint density at radius 1 is 1.37 bits per heavy atom. The Labute approximate surface area is 115 Å². The Morgan fingerprint density at radius 2 is 2.05 bits per heavy atom. The lowest BCUT2D eigenvalue weighted by Gasteiger charge is -2.35. The third kappa shape index (κ3) is 4.49. The van der Waals surface area contributed by atoms with E-state index in [0.717, 1.165) is 19.4 Å². The van der Waals surface area contributed by atoms with Gasteiger partial charge in [0.05, 0.1) is 25.0 Å². The second-order valence-electron chi connectivity index (χ2n) is 5.70. The molecule has 0 bridgehead atoms. The molecule has 110 valence electrons. The van der Waals surface area contributed by atoms with Gasteiger partial charge in [0, 0.05) is 13.1 Å². The Balaban J connectivity index is 2.55. The summed E-state index contributed by atoms with van der Waals surface area (Å²) in [5, 5.41) is 0. The van der Waals surface area contributed by atoms with E-state index in [1.54, 1.807) is 0 Å². The number of rotatable bonds is 5. The van der Waals surface area contributed by atoms with Crippen LogP contribution in [-0.4, -0.2) is 50.2 Å². The number of likely N-dealkylation sites (tertiary alicyclic amines) is 1. The van der Waals surface area contributed by atoms with E-state index in [-0.39, 0.29) is 17.9 Å². The molecule has 0 saturated carbocycles. The highest BCUT2D eigenvalue weighted by molar-refractivity contribution is 5.76. The summed E-state index contributed by atoms with van der Waals surface area (Å²) in [6.07, 6.45) is 1.83. The summed E-state index contributed by atoms with van der Waals surface area (Å²) >= 11 is 0. The van der Waals surface area contributed by atoms with Gasteiger partial charge >= 0.3 is 11.9 Å². The van der Waals surface area contributed by atoms with E-state index < -0.39 is 5.41 Å². The lowest BCUT2D eigenvalue weighted by molar-refractivity contribution is -0.153. The monoisotopic (exact) mass is 271 g/mol. The quantitative estimate of drug-likeness (QED) is 0.709. The molecule has 0 unspecified atom stereocenters. The molecule has 0 amide bonds. The molecule has 1 aliphatic heterocycles. The fraction of sp³-hybridized carbons (Fsp3) is 0.857. The number of piperidine rings is 1. The Morgan fingerprint density at radius 3 is 2.63 bits per heavy atom. The molecular formula is C14H25NO4. The van der Waals surface area contributed by atoms with Gasteiger partial charge in [-0.3, -0.25) is 9.59 Å². The predicted molar refractivity (Wildman–Crippen MR) is 71.6 cm³/mol. The van der Waals surface area contributed by atoms with Crippen molar-refractivity contribution < 1.29 is 19.1 Å². The first-order chi connectivity index (χ1) is 8.90. The lowest BCUT2D eigenvalue weighted by Crippen LogP contribution is -2.46. The van der Waals surface area contributed by atoms with Crippen LogP contribution in [-0.2, 0) is 19.1 Å². The van der Waals surface area contributed by atoms with Crippen LogP contribution in [0, 0.1) is 11.3 Å². The minimum absolute atomic E-state index is 0.0675. The number of carbonyl (C=O) groups excluding carboxylic acids is 2. The number of methoxy groups -OCH3 is 1. The van der Waals surface area contributed by atoms with Crippen molar-refractivity contribution >= 4 is 11.9 Å². The summed E-state index contributed by atoms with van der Waals surface area (Å²) in [4.78, 5) is 25.6. The fourth-order valence-electron chi connectivity index (χ4n) is 2.55. The van der Waals surface area contributed by atoms with Gasteiger partial charge in [0.15, 0.2) is 0 Å². The Bertz CT molecular complexity index is 327. The van der Waals surface area contributed by atoms with Crippen molar-refractivity contribution in [3.05, 3.63) is 0 Å². The van der Waals surface area contributed by atoms with E-state index in [1.165, 1.54) is 7.11 Å². The SMILES string of the molecule is CCOC(=O)[C@H]1CCCN(CC(C)(C)C(=O)OC)C1. The van der Waals surface area contributed by atoms with Crippen LogP contribution in [0.15, 0.2) is 0 Å². The normalized spacial score (nSPS) is 20.9. The van der Waals surface area contributed by atoms with Crippen molar-refractivity contribution in [2.45, 2.75) is 33.6 Å². The molecule has 1 heterocycles. The van der Waals surface area contributed by atoms with Crippen LogP contribution in [0.25, 0.3) is 0 Å². The molecular weight excluding hydrogens is 246 g/mol. The van der Waals surface area contributed by atoms with Gasteiger partial charge in [0.1, 0.15) is 0 Å². The van der Waals surface area contributed by atoms with Gasteiger partial charge in [-0.05, 0) is 40.2 Å². The smallest absolute Gasteiger partial charge is 0.312 e. The van der Waals surface area contributed by atoms with Crippen LogP contribution in [0.4, 0.5) is 0 Å². The zero-order valence-corrected chi connectivity index (χ0v) is 12.4. The highest BCUT2D eigenvalue weighted by atomic mass is 16.5. The average molecular weight is 271 g/mol. The van der Waals surface area contributed by atoms with E-state index in [1.807, 2.05) is 20.8 Å². The van der Waals surface area contributed by atoms with Gasteiger partial charge in [-0.1, -0.05) is 0 Å². The van der Waals surface area contributed by atoms with E-state index in [9.17, 15) is 9.59 Å². The molecule has 5 nitrogen and oxygen atoms in total. The minimum atomic E-state index is -0.550. The number of hydrogen-bond donors (Lipinski definition) is 0. The van der Waals surface area contributed by atoms with Crippen LogP contribution in [0.3, 0.4) is 0 Å². The third-order valence-electron chi connectivity index (χ3n) is 3.48. The zero-order chi connectivity index (χ0) is 14.5. The molecule has 19 heavy (non-hydrogen) atoms. The number of hydrogen-bond acceptors (Lipinski definition) is 5. The molecule has 0 aromatic rings. The average Bonchev–Trinajstić information content (AvgIpc) is 2.37. The standard InChI is InChI=1S/C14H25NO4/c1-5-19-12(16)11-7-6-8-15(9-11)10-14(2,3)13(17)18-4/h11H,5-10H2,1-4H3/t11-/m0/s1. The molecule has 0 aromatic heterocycles. The van der Waals surface area contributed by atoms with Crippen LogP contribution in [0.1, 0.15) is 33.6 Å². The summed E-state index contributed by atoms with van der Waals surface area (Å²) in [5.74, 6) is -0.407. The van der Waals surface area contributed by atoms with Crippen molar-refractivity contribution in [3.63, 3.8) is 0 Å². The molecule has 1 rings (SSSR count). The predicted octanol–water partition coefficient (Wildman–Crippen LogP) is 1.46. The summed E-state index contributed by atoms with van der Waals surface area (Å²) in [6.45, 7) is 8.16. The highest BCUT2D eigenvalue weighted by Crippen LogP contribution is 2.24. The summed E-state index contributed by atoms with van der Waals surface area (Å²) in [5.41, 5.74) is -0.550. The molecule has 0 radical (unpaired) electrons. The van der Waals surface area contributed by atoms with Crippen LogP contribution in [0.5, 0.6) is 0 Å². The van der Waals surface area contributed by atoms with E-state index in [0.29, 0.717) is 19.7 Å². The first-order valence-corrected chi connectivity index (χ1v) is 6.88. The van der Waals surface area contributed by atoms with Crippen molar-refractivity contribution in [2.24, 2.45) is 11.3 Å². The maximum Gasteiger partial charge on any atom is 0.312 e. The highest BCUT2D eigenvalue weighted by Gasteiger charge is 2.34. The largest absolute Gasteiger partial charge is 0.469 e. The molecule has 1 atom stereocenters. The first kappa shape index (κ1) is 16.0. The van der Waals surface area contributed by atoms with Gasteiger partial charge in [-0.15, -0.1) is 0 Å². The Hall–Kier alpha value is -1.10. The van der Waals surface area contributed by atoms with Crippen molar-refractivity contribution in [1.29, 1.82) is 0 Å². The topological polar surface area (TPSA) is 55.8 Å². The molecule has 1 saturated heterocycles. The number of carbonyl (C=O) groups is 2. The summed E-state index contributed by atoms with van der Waals surface area (Å²) < 4.78 is 9.88. The maximum absolute atomic E-state index is 11.8. The van der Waals surface area contributed by atoms with Gasteiger partial charge in [-0.25, -0.2) is 0 Å². The maximum atomic E-state index is 11.8. The van der Waals surface area contributed by atoms with Crippen LogP contribution < -0.4 is 0 Å². The Kier molecular flexibility index (Phi) is 5.79. The zero-order valence-electron chi connectivity index (χ0n) is 12.4. The number of nitrogens with zero attached hydrogens (tertiary/aromatic N) is 1. The molecule has 0 aliphatic carbocycles. The lowest BCUT2D eigenvalue weighted by atomic mass is 9.90.